The van der Waals surface area contributed by atoms with Gasteiger partial charge in [-0.05, 0) is 43.5 Å². The van der Waals surface area contributed by atoms with Gasteiger partial charge in [0.1, 0.15) is 18.1 Å². The molecule has 7 nitrogen and oxygen atoms in total. The molecule has 0 radical (unpaired) electrons. The van der Waals surface area contributed by atoms with Gasteiger partial charge in [-0.3, -0.25) is 4.79 Å². The van der Waals surface area contributed by atoms with E-state index < -0.39 is 0 Å². The van der Waals surface area contributed by atoms with Crippen LogP contribution in [0.4, 0.5) is 4.79 Å². The smallest absolute Gasteiger partial charge is 0.315 e. The van der Waals surface area contributed by atoms with Gasteiger partial charge in [0, 0.05) is 19.5 Å². The number of carbonyl (C=O) groups excluding carboxylic acids is 2. The van der Waals surface area contributed by atoms with Gasteiger partial charge in [-0.2, -0.15) is 0 Å². The Kier molecular flexibility index (Phi) is 18.3. The van der Waals surface area contributed by atoms with Gasteiger partial charge in [-0.1, -0.05) is 77.6 Å². The van der Waals surface area contributed by atoms with E-state index >= 15 is 0 Å². The Morgan fingerprint density at radius 2 is 1.43 bits per heavy atom. The zero-order valence-electron chi connectivity index (χ0n) is 22.1. The zero-order valence-corrected chi connectivity index (χ0v) is 22.1. The number of unbranched alkanes of at least 4 members (excludes halogenated alkanes) is 10. The number of carbonyl (C=O) groups is 2. The minimum atomic E-state index is -0.131. The lowest BCUT2D eigenvalue weighted by Gasteiger charge is -2.19. The molecule has 0 fully saturated rings. The summed E-state index contributed by atoms with van der Waals surface area (Å²) in [6.45, 7) is 3.03. The van der Waals surface area contributed by atoms with E-state index in [4.69, 9.17) is 4.74 Å². The van der Waals surface area contributed by atoms with Crippen molar-refractivity contribution >= 4 is 11.9 Å². The second kappa shape index (κ2) is 20.9. The molecule has 0 heterocycles. The van der Waals surface area contributed by atoms with Gasteiger partial charge in [0.15, 0.2) is 0 Å². The summed E-state index contributed by atoms with van der Waals surface area (Å²) in [5.74, 6) is 1.00. The number of aromatic hydroxyl groups is 1. The van der Waals surface area contributed by atoms with Crippen molar-refractivity contribution < 1.29 is 19.4 Å². The fraction of sp³-hybridized carbons (Fsp3) is 0.714. The number of urea groups is 1. The zero-order chi connectivity index (χ0) is 25.6. The highest BCUT2D eigenvalue weighted by molar-refractivity contribution is 5.75. The molecule has 0 aliphatic carbocycles. The fourth-order valence-electron chi connectivity index (χ4n) is 4.08. The molecule has 0 saturated heterocycles. The second-order valence-electron chi connectivity index (χ2n) is 9.33. The van der Waals surface area contributed by atoms with E-state index in [0.717, 1.165) is 38.5 Å². The third kappa shape index (κ3) is 17.6. The van der Waals surface area contributed by atoms with Gasteiger partial charge in [-0.15, -0.1) is 0 Å². The maximum atomic E-state index is 12.4. The van der Waals surface area contributed by atoms with Crippen LogP contribution in [0.25, 0.3) is 0 Å². The van der Waals surface area contributed by atoms with E-state index in [0.29, 0.717) is 25.3 Å². The van der Waals surface area contributed by atoms with Crippen LogP contribution in [0.15, 0.2) is 24.3 Å². The molecule has 1 atom stereocenters. The first-order valence-electron chi connectivity index (χ1n) is 13.7. The maximum Gasteiger partial charge on any atom is 0.315 e. The summed E-state index contributed by atoms with van der Waals surface area (Å²) < 4.78 is 5.59. The summed E-state index contributed by atoms with van der Waals surface area (Å²) in [6, 6.07) is 6.64. The molecule has 0 saturated carbocycles. The van der Waals surface area contributed by atoms with Crippen molar-refractivity contribution in [1.29, 1.82) is 0 Å². The number of nitrogens with one attached hydrogen (secondary N) is 3. The number of hydrogen-bond acceptors (Lipinski definition) is 4. The normalized spacial score (nSPS) is 11.6. The molecule has 7 heteroatoms. The lowest BCUT2D eigenvalue weighted by molar-refractivity contribution is -0.120. The standard InChI is InChI=1S/C28H49N3O4/c1-3-4-5-9-12-15-24(16-13-10-7-6-8-11-14-17-27(33)29-2)31-28(34)30-22-23-35-26-20-18-25(32)19-21-26/h18-21,24,32H,3-17,22-23H2,1-2H3,(H,29,33)(H2,30,31,34). The number of hydrogen-bond donors (Lipinski definition) is 4. The lowest BCUT2D eigenvalue weighted by atomic mass is 10.00. The Morgan fingerprint density at radius 3 is 2.03 bits per heavy atom. The van der Waals surface area contributed by atoms with E-state index in [-0.39, 0.29) is 23.7 Å². The predicted molar refractivity (Wildman–Crippen MR) is 143 cm³/mol. The highest BCUT2D eigenvalue weighted by Crippen LogP contribution is 2.16. The van der Waals surface area contributed by atoms with Gasteiger partial charge in [0.2, 0.25) is 5.91 Å². The molecule has 1 unspecified atom stereocenters. The number of amides is 3. The predicted octanol–water partition coefficient (Wildman–Crippen LogP) is 6.06. The van der Waals surface area contributed by atoms with Crippen LogP contribution in [0.5, 0.6) is 11.5 Å². The van der Waals surface area contributed by atoms with Crippen LogP contribution in [0.3, 0.4) is 0 Å². The van der Waals surface area contributed by atoms with Gasteiger partial charge < -0.3 is 25.8 Å². The topological polar surface area (TPSA) is 99.7 Å². The Bertz CT molecular complexity index is 667. The molecule has 35 heavy (non-hydrogen) atoms. The number of ether oxygens (including phenoxy) is 1. The maximum absolute atomic E-state index is 12.4. The number of phenolic OH excluding ortho intramolecular Hbond substituents is 1. The molecule has 200 valence electrons. The molecule has 0 aromatic heterocycles. The summed E-state index contributed by atoms with van der Waals surface area (Å²) in [5, 5.41) is 18.1. The van der Waals surface area contributed by atoms with Crippen LogP contribution in [-0.2, 0) is 4.79 Å². The quantitative estimate of drug-likeness (QED) is 0.157. The van der Waals surface area contributed by atoms with Crippen molar-refractivity contribution in [3.63, 3.8) is 0 Å². The molecule has 1 aromatic carbocycles. The summed E-state index contributed by atoms with van der Waals surface area (Å²) >= 11 is 0. The first-order valence-corrected chi connectivity index (χ1v) is 13.7. The Labute approximate surface area is 212 Å². The van der Waals surface area contributed by atoms with Crippen LogP contribution in [-0.4, -0.2) is 43.3 Å². The van der Waals surface area contributed by atoms with E-state index in [9.17, 15) is 14.7 Å². The first kappa shape index (κ1) is 30.6. The van der Waals surface area contributed by atoms with E-state index in [1.165, 1.54) is 51.4 Å². The summed E-state index contributed by atoms with van der Waals surface area (Å²) in [4.78, 5) is 23.6. The van der Waals surface area contributed by atoms with Crippen molar-refractivity contribution in [2.75, 3.05) is 20.2 Å². The Balaban J connectivity index is 2.22. The Hall–Kier alpha value is -2.44. The SMILES string of the molecule is CCCCCCCC(CCCCCCCCCC(=O)NC)NC(=O)NCCOc1ccc(O)cc1. The van der Waals surface area contributed by atoms with Gasteiger partial charge in [-0.25, -0.2) is 4.79 Å². The van der Waals surface area contributed by atoms with Crippen LogP contribution in [0.2, 0.25) is 0 Å². The third-order valence-corrected chi connectivity index (χ3v) is 6.22. The van der Waals surface area contributed by atoms with Crippen molar-refractivity contribution in [1.82, 2.24) is 16.0 Å². The molecular formula is C28H49N3O4. The molecule has 3 amide bonds. The van der Waals surface area contributed by atoms with Crippen LogP contribution < -0.4 is 20.7 Å². The van der Waals surface area contributed by atoms with Crippen LogP contribution in [0, 0.1) is 0 Å². The van der Waals surface area contributed by atoms with Gasteiger partial charge in [0.05, 0.1) is 6.54 Å². The summed E-state index contributed by atoms with van der Waals surface area (Å²) in [5.41, 5.74) is 0. The fourth-order valence-corrected chi connectivity index (χ4v) is 4.08. The number of phenols is 1. The van der Waals surface area contributed by atoms with Gasteiger partial charge >= 0.3 is 6.03 Å². The average Bonchev–Trinajstić information content (AvgIpc) is 2.86. The molecule has 0 aliphatic rings. The number of rotatable bonds is 21. The van der Waals surface area contributed by atoms with E-state index in [1.807, 2.05) is 0 Å². The molecule has 1 rings (SSSR count). The first-order chi connectivity index (χ1) is 17.0. The second-order valence-corrected chi connectivity index (χ2v) is 9.33. The highest BCUT2D eigenvalue weighted by atomic mass is 16.5. The Morgan fingerprint density at radius 1 is 0.857 bits per heavy atom. The van der Waals surface area contributed by atoms with Crippen LogP contribution in [0.1, 0.15) is 103 Å². The molecule has 0 spiro atoms. The van der Waals surface area contributed by atoms with E-state index in [2.05, 4.69) is 22.9 Å². The number of benzene rings is 1. The van der Waals surface area contributed by atoms with Crippen molar-refractivity contribution in [3.8, 4) is 11.5 Å². The molecule has 0 bridgehead atoms. The molecule has 1 aromatic rings. The molecular weight excluding hydrogens is 442 g/mol. The van der Waals surface area contributed by atoms with Crippen LogP contribution >= 0.6 is 0 Å². The van der Waals surface area contributed by atoms with Crippen molar-refractivity contribution in [3.05, 3.63) is 24.3 Å². The van der Waals surface area contributed by atoms with Crippen molar-refractivity contribution in [2.45, 2.75) is 109 Å². The lowest BCUT2D eigenvalue weighted by Crippen LogP contribution is -2.43. The van der Waals surface area contributed by atoms with Gasteiger partial charge in [0.25, 0.3) is 0 Å². The minimum absolute atomic E-state index is 0.131. The highest BCUT2D eigenvalue weighted by Gasteiger charge is 2.12. The monoisotopic (exact) mass is 491 g/mol. The summed E-state index contributed by atoms with van der Waals surface area (Å²) in [6.07, 6.45) is 16.9. The van der Waals surface area contributed by atoms with Crippen molar-refractivity contribution in [2.24, 2.45) is 0 Å². The largest absolute Gasteiger partial charge is 0.508 e. The summed E-state index contributed by atoms with van der Waals surface area (Å²) in [7, 11) is 1.69. The minimum Gasteiger partial charge on any atom is -0.508 e. The molecule has 0 aliphatic heterocycles. The average molecular weight is 492 g/mol. The van der Waals surface area contributed by atoms with E-state index in [1.54, 1.807) is 31.3 Å². The molecule has 4 N–H and O–H groups in total. The third-order valence-electron chi connectivity index (χ3n) is 6.22.